The van der Waals surface area contributed by atoms with Crippen LogP contribution in [0, 0.1) is 0 Å². The fraction of sp³-hybridized carbons (Fsp3) is 0.143. The minimum Gasteiger partial charge on any atom is -0.448 e. The van der Waals surface area contributed by atoms with Gasteiger partial charge in [0.25, 0.3) is 11.1 Å². The molecule has 3 aromatic carbocycles. The van der Waals surface area contributed by atoms with Gasteiger partial charge in [-0.2, -0.15) is 0 Å². The van der Waals surface area contributed by atoms with Crippen molar-refractivity contribution in [3.8, 4) is 0 Å². The normalized spacial score (nSPS) is 12.0. The first-order valence-electron chi connectivity index (χ1n) is 11.6. The van der Waals surface area contributed by atoms with Gasteiger partial charge >= 0.3 is 5.97 Å². The predicted octanol–water partition coefficient (Wildman–Crippen LogP) is 3.90. The van der Waals surface area contributed by atoms with Crippen molar-refractivity contribution in [2.24, 2.45) is 0 Å². The third-order valence-electron chi connectivity index (χ3n) is 6.21. The molecule has 0 aliphatic rings. The molecule has 2 heterocycles. The van der Waals surface area contributed by atoms with Crippen molar-refractivity contribution in [2.75, 3.05) is 0 Å². The van der Waals surface area contributed by atoms with Gasteiger partial charge in [-0.25, -0.2) is 4.68 Å². The zero-order chi connectivity index (χ0) is 25.2. The van der Waals surface area contributed by atoms with Crippen LogP contribution in [0.15, 0.2) is 88.6 Å². The molecule has 0 saturated carbocycles. The molecule has 8 nitrogen and oxygen atoms in total. The van der Waals surface area contributed by atoms with Gasteiger partial charge in [0.1, 0.15) is 6.54 Å². The second-order valence-corrected chi connectivity index (χ2v) is 8.42. The number of carbonyl (C=O) groups excluding carboxylic acids is 2. The van der Waals surface area contributed by atoms with Crippen LogP contribution < -0.4 is 11.1 Å². The summed E-state index contributed by atoms with van der Waals surface area (Å²) >= 11 is 0. The standard InChI is InChI=1S/C28H23N3O5/c1-2-17-11-8-14-19-22(15-29-24(17)19)25(33)26(18-9-4-3-5-10-18)36-23(32)16-31-28(35)21-13-7-6-12-20(21)27(34)30-31/h3-15,26,29H,2,16H2,1H3,(H,30,34). The molecular formula is C28H23N3O5. The Morgan fingerprint density at radius 2 is 1.58 bits per heavy atom. The number of aromatic nitrogens is 3. The Morgan fingerprint density at radius 1 is 0.889 bits per heavy atom. The van der Waals surface area contributed by atoms with Crippen LogP contribution in [-0.2, 0) is 22.5 Å². The molecule has 0 fully saturated rings. The molecule has 2 aromatic heterocycles. The quantitative estimate of drug-likeness (QED) is 0.270. The minimum absolute atomic E-state index is 0.190. The number of hydrogen-bond donors (Lipinski definition) is 2. The number of aromatic amines is 2. The number of fused-ring (bicyclic) bond motifs is 2. The van der Waals surface area contributed by atoms with Crippen molar-refractivity contribution >= 4 is 33.4 Å². The molecule has 0 amide bonds. The lowest BCUT2D eigenvalue weighted by Gasteiger charge is -2.17. The summed E-state index contributed by atoms with van der Waals surface area (Å²) in [4.78, 5) is 55.0. The van der Waals surface area contributed by atoms with Crippen LogP contribution in [0.1, 0.15) is 34.5 Å². The van der Waals surface area contributed by atoms with Crippen LogP contribution in [-0.4, -0.2) is 26.5 Å². The number of carbonyl (C=O) groups is 2. The molecule has 1 unspecified atom stereocenters. The van der Waals surface area contributed by atoms with E-state index < -0.39 is 35.5 Å². The second-order valence-electron chi connectivity index (χ2n) is 8.42. The van der Waals surface area contributed by atoms with E-state index in [1.54, 1.807) is 48.7 Å². The molecule has 0 aliphatic carbocycles. The predicted molar refractivity (Wildman–Crippen MR) is 136 cm³/mol. The van der Waals surface area contributed by atoms with Crippen LogP contribution >= 0.6 is 0 Å². The Bertz CT molecular complexity index is 1710. The molecule has 180 valence electrons. The summed E-state index contributed by atoms with van der Waals surface area (Å²) in [6.07, 6.45) is 1.19. The van der Waals surface area contributed by atoms with Gasteiger partial charge in [0, 0.05) is 28.2 Å². The molecule has 0 saturated heterocycles. The average molecular weight is 482 g/mol. The van der Waals surface area contributed by atoms with E-state index in [0.29, 0.717) is 11.1 Å². The number of para-hydroxylation sites is 1. The van der Waals surface area contributed by atoms with Gasteiger partial charge in [0.15, 0.2) is 6.10 Å². The summed E-state index contributed by atoms with van der Waals surface area (Å²) in [6, 6.07) is 20.8. The largest absolute Gasteiger partial charge is 0.448 e. The first-order chi connectivity index (χ1) is 17.5. The summed E-state index contributed by atoms with van der Waals surface area (Å²) in [7, 11) is 0. The van der Waals surface area contributed by atoms with E-state index in [0.717, 1.165) is 27.6 Å². The second kappa shape index (κ2) is 9.50. The third kappa shape index (κ3) is 4.13. The Hall–Kier alpha value is -4.72. The van der Waals surface area contributed by atoms with Crippen molar-refractivity contribution in [2.45, 2.75) is 26.0 Å². The van der Waals surface area contributed by atoms with Crippen LogP contribution in [0.2, 0.25) is 0 Å². The summed E-state index contributed by atoms with van der Waals surface area (Å²) < 4.78 is 6.56. The monoisotopic (exact) mass is 481 g/mol. The van der Waals surface area contributed by atoms with Crippen molar-refractivity contribution in [3.05, 3.63) is 116 Å². The Kier molecular flexibility index (Phi) is 6.08. The number of esters is 1. The lowest BCUT2D eigenvalue weighted by atomic mass is 9.98. The molecule has 5 aromatic rings. The Morgan fingerprint density at radius 3 is 2.33 bits per heavy atom. The van der Waals surface area contributed by atoms with E-state index in [9.17, 15) is 19.2 Å². The minimum atomic E-state index is -1.23. The molecule has 8 heteroatoms. The number of hydrogen-bond acceptors (Lipinski definition) is 5. The number of rotatable bonds is 7. The van der Waals surface area contributed by atoms with Gasteiger partial charge in [-0.15, -0.1) is 0 Å². The molecule has 36 heavy (non-hydrogen) atoms. The lowest BCUT2D eigenvalue weighted by molar-refractivity contribution is -0.148. The number of nitrogens with one attached hydrogen (secondary N) is 2. The van der Waals surface area contributed by atoms with Crippen molar-refractivity contribution < 1.29 is 14.3 Å². The molecular weight excluding hydrogens is 458 g/mol. The SMILES string of the molecule is CCc1cccc2c(C(=O)C(OC(=O)Cn3[nH]c(=O)c4ccccc4c3=O)c3ccccc3)c[nH]c12. The Labute approximate surface area is 205 Å². The highest BCUT2D eigenvalue weighted by atomic mass is 16.5. The van der Waals surface area contributed by atoms with Crippen LogP contribution in [0.25, 0.3) is 21.7 Å². The van der Waals surface area contributed by atoms with E-state index in [1.807, 2.05) is 25.1 Å². The Balaban J connectivity index is 1.49. The van der Waals surface area contributed by atoms with Crippen molar-refractivity contribution in [3.63, 3.8) is 0 Å². The number of ether oxygens (including phenoxy) is 1. The lowest BCUT2D eigenvalue weighted by Crippen LogP contribution is -2.33. The van der Waals surface area contributed by atoms with Gasteiger partial charge in [0.05, 0.1) is 10.8 Å². The zero-order valence-corrected chi connectivity index (χ0v) is 19.5. The number of nitrogens with zero attached hydrogens (tertiary/aromatic N) is 1. The van der Waals surface area contributed by atoms with Crippen LogP contribution in [0.4, 0.5) is 0 Å². The van der Waals surface area contributed by atoms with Crippen LogP contribution in [0.3, 0.4) is 0 Å². The van der Waals surface area contributed by atoms with E-state index in [-0.39, 0.29) is 10.8 Å². The van der Waals surface area contributed by atoms with Gasteiger partial charge in [-0.3, -0.25) is 24.3 Å². The average Bonchev–Trinajstić information content (AvgIpc) is 3.35. The highest BCUT2D eigenvalue weighted by Gasteiger charge is 2.28. The molecule has 5 rings (SSSR count). The van der Waals surface area contributed by atoms with E-state index >= 15 is 0 Å². The van der Waals surface area contributed by atoms with Crippen LogP contribution in [0.5, 0.6) is 0 Å². The van der Waals surface area contributed by atoms with Gasteiger partial charge in [0.2, 0.25) is 5.78 Å². The topological polar surface area (TPSA) is 114 Å². The molecule has 0 radical (unpaired) electrons. The van der Waals surface area contributed by atoms with E-state index in [2.05, 4.69) is 10.1 Å². The number of H-pyrrole nitrogens is 2. The van der Waals surface area contributed by atoms with Crippen molar-refractivity contribution in [1.29, 1.82) is 0 Å². The highest BCUT2D eigenvalue weighted by molar-refractivity contribution is 6.11. The number of aryl methyl sites for hydroxylation is 1. The molecule has 0 bridgehead atoms. The summed E-state index contributed by atoms with van der Waals surface area (Å²) in [5.41, 5.74) is 1.79. The summed E-state index contributed by atoms with van der Waals surface area (Å²) in [5, 5.41) is 3.58. The fourth-order valence-corrected chi connectivity index (χ4v) is 4.41. The number of Topliss-reactive ketones (excluding diaryl/α,β-unsaturated/α-hetero) is 1. The fourth-order valence-electron chi connectivity index (χ4n) is 4.41. The zero-order valence-electron chi connectivity index (χ0n) is 19.5. The maximum Gasteiger partial charge on any atom is 0.328 e. The third-order valence-corrected chi connectivity index (χ3v) is 6.21. The number of ketones is 1. The maximum absolute atomic E-state index is 13.7. The number of benzene rings is 3. The summed E-state index contributed by atoms with van der Waals surface area (Å²) in [5.74, 6) is -1.23. The summed E-state index contributed by atoms with van der Waals surface area (Å²) in [6.45, 7) is 1.48. The van der Waals surface area contributed by atoms with E-state index in [1.165, 1.54) is 12.1 Å². The maximum atomic E-state index is 13.7. The van der Waals surface area contributed by atoms with Crippen molar-refractivity contribution in [1.82, 2.24) is 14.8 Å². The molecule has 0 aliphatic heterocycles. The van der Waals surface area contributed by atoms with Gasteiger partial charge in [-0.05, 0) is 24.1 Å². The van der Waals surface area contributed by atoms with Gasteiger partial charge in [-0.1, -0.05) is 67.6 Å². The van der Waals surface area contributed by atoms with E-state index in [4.69, 9.17) is 4.74 Å². The van der Waals surface area contributed by atoms with Gasteiger partial charge < -0.3 is 9.72 Å². The highest BCUT2D eigenvalue weighted by Crippen LogP contribution is 2.29. The molecule has 2 N–H and O–H groups in total. The first kappa shape index (κ1) is 23.0. The molecule has 1 atom stereocenters. The smallest absolute Gasteiger partial charge is 0.328 e. The molecule has 0 spiro atoms. The first-order valence-corrected chi connectivity index (χ1v) is 11.6.